The van der Waals surface area contributed by atoms with E-state index >= 15 is 0 Å². The first-order valence-electron chi connectivity index (χ1n) is 5.96. The summed E-state index contributed by atoms with van der Waals surface area (Å²) in [5.41, 5.74) is 2.93. The van der Waals surface area contributed by atoms with Crippen LogP contribution in [0.1, 0.15) is 34.3 Å². The van der Waals surface area contributed by atoms with Gasteiger partial charge >= 0.3 is 5.97 Å². The van der Waals surface area contributed by atoms with Gasteiger partial charge in [0.05, 0.1) is 12.5 Å². The molecule has 1 fully saturated rings. The summed E-state index contributed by atoms with van der Waals surface area (Å²) in [6, 6.07) is 5.90. The molecular weight excluding hydrogens is 216 g/mol. The third-order valence-corrected chi connectivity index (χ3v) is 3.71. The molecule has 17 heavy (non-hydrogen) atoms. The normalized spacial score (nSPS) is 28.6. The van der Waals surface area contributed by atoms with Gasteiger partial charge in [-0.2, -0.15) is 0 Å². The van der Waals surface area contributed by atoms with Crippen molar-refractivity contribution < 1.29 is 14.3 Å². The van der Waals surface area contributed by atoms with E-state index in [1.807, 2.05) is 25.1 Å². The van der Waals surface area contributed by atoms with Gasteiger partial charge < -0.3 is 4.74 Å². The van der Waals surface area contributed by atoms with Crippen molar-refractivity contribution in [2.75, 3.05) is 6.61 Å². The van der Waals surface area contributed by atoms with Gasteiger partial charge in [0.25, 0.3) is 0 Å². The minimum absolute atomic E-state index is 0.0807. The molecule has 0 bridgehead atoms. The lowest BCUT2D eigenvalue weighted by atomic mass is 9.99. The maximum absolute atomic E-state index is 12.1. The Morgan fingerprint density at radius 3 is 2.82 bits per heavy atom. The van der Waals surface area contributed by atoms with Crippen LogP contribution in [0, 0.1) is 18.8 Å². The summed E-state index contributed by atoms with van der Waals surface area (Å²) in [5, 5.41) is 0. The Morgan fingerprint density at radius 1 is 1.35 bits per heavy atom. The number of carbonyl (C=O) groups excluding carboxylic acids is 2. The Bertz CT molecular complexity index is 518. The van der Waals surface area contributed by atoms with E-state index in [2.05, 4.69) is 0 Å². The van der Waals surface area contributed by atoms with E-state index in [1.54, 1.807) is 6.92 Å². The number of fused-ring (bicyclic) bond motifs is 3. The molecule has 0 N–H and O–H groups in total. The lowest BCUT2D eigenvalue weighted by Crippen LogP contribution is -2.14. The Hall–Kier alpha value is -1.64. The number of hydrogen-bond acceptors (Lipinski definition) is 3. The average molecular weight is 230 g/mol. The van der Waals surface area contributed by atoms with Crippen molar-refractivity contribution in [3.63, 3.8) is 0 Å². The molecule has 2 aliphatic rings. The SMILES string of the molecule is CCOC(=O)[C@H]1[C@@H]2C(=O)c3cc(C)ccc3[C@H]12. The second kappa shape index (κ2) is 3.42. The standard InChI is InChI=1S/C14H14O3/c1-3-17-14(16)12-10-8-5-4-7(2)6-9(8)13(15)11(10)12/h4-6,10-12H,3H2,1-2H3/t10-,11+,12+/m0/s1. The topological polar surface area (TPSA) is 43.4 Å². The molecule has 1 aromatic rings. The van der Waals surface area contributed by atoms with Gasteiger partial charge in [-0.25, -0.2) is 0 Å². The predicted octanol–water partition coefficient (Wildman–Crippen LogP) is 2.08. The molecule has 3 rings (SSSR count). The molecule has 88 valence electrons. The van der Waals surface area contributed by atoms with Gasteiger partial charge in [0.2, 0.25) is 0 Å². The molecule has 0 spiro atoms. The Labute approximate surface area is 99.8 Å². The second-order valence-electron chi connectivity index (χ2n) is 4.78. The fourth-order valence-corrected chi connectivity index (χ4v) is 2.91. The molecule has 2 aliphatic carbocycles. The summed E-state index contributed by atoms with van der Waals surface area (Å²) < 4.78 is 5.00. The van der Waals surface area contributed by atoms with Crippen LogP contribution >= 0.6 is 0 Å². The zero-order chi connectivity index (χ0) is 12.2. The van der Waals surface area contributed by atoms with Gasteiger partial charge in [-0.05, 0) is 25.5 Å². The van der Waals surface area contributed by atoms with Crippen molar-refractivity contribution in [2.24, 2.45) is 11.8 Å². The molecule has 0 amide bonds. The van der Waals surface area contributed by atoms with E-state index < -0.39 is 0 Å². The molecule has 0 saturated heterocycles. The molecule has 0 unspecified atom stereocenters. The highest BCUT2D eigenvalue weighted by Crippen LogP contribution is 2.61. The minimum Gasteiger partial charge on any atom is -0.466 e. The van der Waals surface area contributed by atoms with Crippen LogP contribution in [-0.2, 0) is 9.53 Å². The smallest absolute Gasteiger partial charge is 0.310 e. The Morgan fingerprint density at radius 2 is 2.12 bits per heavy atom. The van der Waals surface area contributed by atoms with Gasteiger partial charge in [0, 0.05) is 17.4 Å². The van der Waals surface area contributed by atoms with Crippen molar-refractivity contribution in [3.05, 3.63) is 34.9 Å². The fraction of sp³-hybridized carbons (Fsp3) is 0.429. The molecule has 0 heterocycles. The number of benzene rings is 1. The van der Waals surface area contributed by atoms with Crippen LogP contribution in [0.4, 0.5) is 0 Å². The predicted molar refractivity (Wildman–Crippen MR) is 61.9 cm³/mol. The minimum atomic E-state index is -0.224. The summed E-state index contributed by atoms with van der Waals surface area (Å²) in [7, 11) is 0. The molecule has 3 heteroatoms. The molecule has 1 aromatic carbocycles. The van der Waals surface area contributed by atoms with E-state index in [1.165, 1.54) is 0 Å². The van der Waals surface area contributed by atoms with E-state index in [0.717, 1.165) is 16.7 Å². The molecular formula is C14H14O3. The number of ketones is 1. The summed E-state index contributed by atoms with van der Waals surface area (Å²) in [6.45, 7) is 4.14. The van der Waals surface area contributed by atoms with Crippen molar-refractivity contribution in [3.8, 4) is 0 Å². The maximum Gasteiger partial charge on any atom is 0.310 e. The van der Waals surface area contributed by atoms with Gasteiger partial charge in [0.15, 0.2) is 5.78 Å². The van der Waals surface area contributed by atoms with E-state index in [4.69, 9.17) is 4.74 Å². The van der Waals surface area contributed by atoms with E-state index in [0.29, 0.717) is 6.61 Å². The van der Waals surface area contributed by atoms with Crippen LogP contribution < -0.4 is 0 Å². The molecule has 0 aromatic heterocycles. The van der Waals surface area contributed by atoms with Crippen LogP contribution in [0.5, 0.6) is 0 Å². The highest BCUT2D eigenvalue weighted by molar-refractivity contribution is 6.10. The molecule has 0 radical (unpaired) electrons. The zero-order valence-electron chi connectivity index (χ0n) is 9.90. The molecule has 0 aliphatic heterocycles. The van der Waals surface area contributed by atoms with Crippen LogP contribution in [-0.4, -0.2) is 18.4 Å². The number of esters is 1. The first kappa shape index (κ1) is 10.5. The van der Waals surface area contributed by atoms with Gasteiger partial charge in [-0.1, -0.05) is 17.7 Å². The first-order valence-corrected chi connectivity index (χ1v) is 5.96. The van der Waals surface area contributed by atoms with Crippen LogP contribution in [0.2, 0.25) is 0 Å². The molecule has 1 saturated carbocycles. The summed E-state index contributed by atoms with van der Waals surface area (Å²) in [6.07, 6.45) is 0. The van der Waals surface area contributed by atoms with Crippen molar-refractivity contribution in [1.29, 1.82) is 0 Å². The van der Waals surface area contributed by atoms with Gasteiger partial charge in [0.1, 0.15) is 0 Å². The lowest BCUT2D eigenvalue weighted by Gasteiger charge is -2.07. The highest BCUT2D eigenvalue weighted by atomic mass is 16.5. The second-order valence-corrected chi connectivity index (χ2v) is 4.78. The van der Waals surface area contributed by atoms with Gasteiger partial charge in [-0.3, -0.25) is 9.59 Å². The maximum atomic E-state index is 12.1. The number of aryl methyl sites for hydroxylation is 1. The van der Waals surface area contributed by atoms with E-state index in [9.17, 15) is 9.59 Å². The van der Waals surface area contributed by atoms with Crippen molar-refractivity contribution >= 4 is 11.8 Å². The average Bonchev–Trinajstić information content (AvgIpc) is 2.97. The van der Waals surface area contributed by atoms with Crippen LogP contribution in [0.25, 0.3) is 0 Å². The molecule has 3 atom stereocenters. The van der Waals surface area contributed by atoms with E-state index in [-0.39, 0.29) is 29.5 Å². The lowest BCUT2D eigenvalue weighted by molar-refractivity contribution is -0.145. The Balaban J connectivity index is 1.92. The van der Waals surface area contributed by atoms with Crippen molar-refractivity contribution in [2.45, 2.75) is 19.8 Å². The van der Waals surface area contributed by atoms with Gasteiger partial charge in [-0.15, -0.1) is 0 Å². The molecule has 3 nitrogen and oxygen atoms in total. The zero-order valence-corrected chi connectivity index (χ0v) is 9.90. The largest absolute Gasteiger partial charge is 0.466 e. The summed E-state index contributed by atoms with van der Waals surface area (Å²) in [4.78, 5) is 23.8. The van der Waals surface area contributed by atoms with Crippen LogP contribution in [0.3, 0.4) is 0 Å². The quantitative estimate of drug-likeness (QED) is 0.730. The number of Topliss-reactive ketones (excluding diaryl/α,β-unsaturated/α-hetero) is 1. The third-order valence-electron chi connectivity index (χ3n) is 3.71. The summed E-state index contributed by atoms with van der Waals surface area (Å²) in [5.74, 6) is -0.394. The fourth-order valence-electron chi connectivity index (χ4n) is 2.91. The third kappa shape index (κ3) is 1.35. The monoisotopic (exact) mass is 230 g/mol. The Kier molecular flexibility index (Phi) is 2.12. The number of ether oxygens (including phenoxy) is 1. The van der Waals surface area contributed by atoms with Crippen molar-refractivity contribution in [1.82, 2.24) is 0 Å². The number of hydrogen-bond donors (Lipinski definition) is 0. The van der Waals surface area contributed by atoms with Crippen LogP contribution in [0.15, 0.2) is 18.2 Å². The first-order chi connectivity index (χ1) is 8.15. The number of rotatable bonds is 2. The summed E-state index contributed by atoms with van der Waals surface area (Å²) >= 11 is 0. The highest BCUT2D eigenvalue weighted by Gasteiger charge is 2.65. The number of carbonyl (C=O) groups is 2.